The van der Waals surface area contributed by atoms with E-state index in [4.69, 9.17) is 0 Å². The molecule has 0 unspecified atom stereocenters. The number of benzene rings is 1. The van der Waals surface area contributed by atoms with Gasteiger partial charge in [-0.1, -0.05) is 18.9 Å². The SMILES string of the molecule is CC(=O)c1ccc(SC2CCCC2)c(Br)c1. The monoisotopic (exact) mass is 298 g/mol. The van der Waals surface area contributed by atoms with E-state index in [1.807, 2.05) is 23.9 Å². The third-order valence-corrected chi connectivity index (χ3v) is 5.27. The number of Topliss-reactive ketones (excluding diaryl/α,β-unsaturated/α-hetero) is 1. The van der Waals surface area contributed by atoms with Crippen molar-refractivity contribution in [2.75, 3.05) is 0 Å². The molecule has 0 spiro atoms. The van der Waals surface area contributed by atoms with Crippen molar-refractivity contribution in [2.24, 2.45) is 0 Å². The predicted octanol–water partition coefficient (Wildman–Crippen LogP) is 4.69. The first-order chi connectivity index (χ1) is 7.66. The van der Waals surface area contributed by atoms with Crippen LogP contribution >= 0.6 is 27.7 Å². The zero-order chi connectivity index (χ0) is 11.5. The molecular formula is C13H15BrOS. The first kappa shape index (κ1) is 12.2. The molecule has 0 heterocycles. The standard InChI is InChI=1S/C13H15BrOS/c1-9(15)10-6-7-13(12(14)8-10)16-11-4-2-3-5-11/h6-8,11H,2-5H2,1H3. The number of thioether (sulfide) groups is 1. The lowest BCUT2D eigenvalue weighted by atomic mass is 10.2. The van der Waals surface area contributed by atoms with Gasteiger partial charge < -0.3 is 0 Å². The molecule has 0 bridgehead atoms. The van der Waals surface area contributed by atoms with Crippen LogP contribution in [0.3, 0.4) is 0 Å². The minimum atomic E-state index is 0.123. The molecule has 0 N–H and O–H groups in total. The second-order valence-corrected chi connectivity index (χ2v) is 6.42. The molecule has 1 aliphatic rings. The molecule has 1 aliphatic carbocycles. The van der Waals surface area contributed by atoms with Gasteiger partial charge in [-0.2, -0.15) is 0 Å². The van der Waals surface area contributed by atoms with Gasteiger partial charge in [-0.25, -0.2) is 0 Å². The molecule has 0 atom stereocenters. The first-order valence-corrected chi connectivity index (χ1v) is 7.31. The molecule has 2 rings (SSSR count). The molecule has 1 nitrogen and oxygen atoms in total. The highest BCUT2D eigenvalue weighted by atomic mass is 79.9. The Kier molecular flexibility index (Phi) is 4.09. The van der Waals surface area contributed by atoms with Gasteiger partial charge in [0.05, 0.1) is 0 Å². The van der Waals surface area contributed by atoms with Gasteiger partial charge >= 0.3 is 0 Å². The van der Waals surface area contributed by atoms with Gasteiger partial charge in [0.1, 0.15) is 0 Å². The van der Waals surface area contributed by atoms with Gasteiger partial charge in [-0.3, -0.25) is 4.79 Å². The van der Waals surface area contributed by atoms with Gasteiger partial charge in [0.2, 0.25) is 0 Å². The van der Waals surface area contributed by atoms with Gasteiger partial charge in [0, 0.05) is 20.2 Å². The van der Waals surface area contributed by atoms with E-state index in [0.717, 1.165) is 15.3 Å². The van der Waals surface area contributed by atoms with E-state index in [0.29, 0.717) is 0 Å². The lowest BCUT2D eigenvalue weighted by Gasteiger charge is -2.10. The second kappa shape index (κ2) is 5.37. The molecule has 0 amide bonds. The van der Waals surface area contributed by atoms with Gasteiger partial charge in [0.15, 0.2) is 5.78 Å². The summed E-state index contributed by atoms with van der Waals surface area (Å²) in [4.78, 5) is 12.5. The van der Waals surface area contributed by atoms with Gasteiger partial charge in [-0.05, 0) is 47.8 Å². The highest BCUT2D eigenvalue weighted by molar-refractivity contribution is 9.10. The quantitative estimate of drug-likeness (QED) is 0.753. The third-order valence-electron chi connectivity index (χ3n) is 2.93. The van der Waals surface area contributed by atoms with E-state index in [2.05, 4.69) is 22.0 Å². The molecule has 0 aliphatic heterocycles. The molecule has 1 aromatic rings. The van der Waals surface area contributed by atoms with Crippen molar-refractivity contribution < 1.29 is 4.79 Å². The van der Waals surface area contributed by atoms with Gasteiger partial charge in [0.25, 0.3) is 0 Å². The maximum Gasteiger partial charge on any atom is 0.159 e. The minimum Gasteiger partial charge on any atom is -0.295 e. The van der Waals surface area contributed by atoms with E-state index < -0.39 is 0 Å². The first-order valence-electron chi connectivity index (χ1n) is 5.64. The van der Waals surface area contributed by atoms with Crippen molar-refractivity contribution in [2.45, 2.75) is 42.8 Å². The molecule has 0 aromatic heterocycles. The van der Waals surface area contributed by atoms with Crippen LogP contribution in [-0.4, -0.2) is 11.0 Å². The van der Waals surface area contributed by atoms with Crippen LogP contribution in [0, 0.1) is 0 Å². The summed E-state index contributed by atoms with van der Waals surface area (Å²) in [5.41, 5.74) is 0.780. The van der Waals surface area contributed by atoms with Crippen LogP contribution in [-0.2, 0) is 0 Å². The Morgan fingerprint density at radius 3 is 2.62 bits per heavy atom. The van der Waals surface area contributed by atoms with Crippen LogP contribution < -0.4 is 0 Å². The van der Waals surface area contributed by atoms with Crippen LogP contribution in [0.4, 0.5) is 0 Å². The Bertz CT molecular complexity index is 397. The summed E-state index contributed by atoms with van der Waals surface area (Å²) < 4.78 is 1.05. The van der Waals surface area contributed by atoms with E-state index in [1.165, 1.54) is 30.6 Å². The van der Waals surface area contributed by atoms with Crippen LogP contribution in [0.5, 0.6) is 0 Å². The van der Waals surface area contributed by atoms with Gasteiger partial charge in [-0.15, -0.1) is 11.8 Å². The summed E-state index contributed by atoms with van der Waals surface area (Å²) in [5.74, 6) is 0.123. The summed E-state index contributed by atoms with van der Waals surface area (Å²) in [6, 6.07) is 5.91. The molecular weight excluding hydrogens is 284 g/mol. The zero-order valence-electron chi connectivity index (χ0n) is 9.33. The maximum atomic E-state index is 11.2. The fourth-order valence-corrected chi connectivity index (χ4v) is 3.91. The number of halogens is 1. The molecule has 1 aromatic carbocycles. The number of rotatable bonds is 3. The fraction of sp³-hybridized carbons (Fsp3) is 0.462. The van der Waals surface area contributed by atoms with Crippen LogP contribution in [0.25, 0.3) is 0 Å². The highest BCUT2D eigenvalue weighted by Crippen LogP contribution is 2.38. The number of hydrogen-bond acceptors (Lipinski definition) is 2. The Balaban J connectivity index is 2.12. The minimum absolute atomic E-state index is 0.123. The smallest absolute Gasteiger partial charge is 0.159 e. The number of hydrogen-bond donors (Lipinski definition) is 0. The fourth-order valence-electron chi connectivity index (χ4n) is 2.00. The molecule has 1 fully saturated rings. The Morgan fingerprint density at radius 2 is 2.06 bits per heavy atom. The summed E-state index contributed by atoms with van der Waals surface area (Å²) in [6.45, 7) is 1.60. The average molecular weight is 299 g/mol. The number of carbonyl (C=O) groups is 1. The molecule has 16 heavy (non-hydrogen) atoms. The second-order valence-electron chi connectivity index (χ2n) is 4.23. The summed E-state index contributed by atoms with van der Waals surface area (Å²) in [6.07, 6.45) is 5.37. The molecule has 1 saturated carbocycles. The maximum absolute atomic E-state index is 11.2. The van der Waals surface area contributed by atoms with Crippen molar-refractivity contribution in [3.8, 4) is 0 Å². The molecule has 3 heteroatoms. The van der Waals surface area contributed by atoms with Crippen molar-refractivity contribution >= 4 is 33.5 Å². The van der Waals surface area contributed by atoms with Crippen LogP contribution in [0.1, 0.15) is 43.0 Å². The highest BCUT2D eigenvalue weighted by Gasteiger charge is 2.17. The summed E-state index contributed by atoms with van der Waals surface area (Å²) in [5, 5.41) is 0.763. The van der Waals surface area contributed by atoms with Crippen LogP contribution in [0.2, 0.25) is 0 Å². The topological polar surface area (TPSA) is 17.1 Å². The lowest BCUT2D eigenvalue weighted by Crippen LogP contribution is -1.96. The molecule has 0 saturated heterocycles. The third kappa shape index (κ3) is 2.89. The number of carbonyl (C=O) groups excluding carboxylic acids is 1. The van der Waals surface area contributed by atoms with Crippen LogP contribution in [0.15, 0.2) is 27.6 Å². The van der Waals surface area contributed by atoms with Crippen molar-refractivity contribution in [3.05, 3.63) is 28.2 Å². The van der Waals surface area contributed by atoms with Crippen molar-refractivity contribution in [1.82, 2.24) is 0 Å². The van der Waals surface area contributed by atoms with Crippen molar-refractivity contribution in [3.63, 3.8) is 0 Å². The van der Waals surface area contributed by atoms with Crippen molar-refractivity contribution in [1.29, 1.82) is 0 Å². The largest absolute Gasteiger partial charge is 0.295 e. The predicted molar refractivity (Wildman–Crippen MR) is 72.3 cm³/mol. The number of ketones is 1. The Labute approximate surface area is 109 Å². The Hall–Kier alpha value is -0.280. The normalized spacial score (nSPS) is 16.6. The Morgan fingerprint density at radius 1 is 1.38 bits per heavy atom. The average Bonchev–Trinajstić information content (AvgIpc) is 2.73. The van der Waals surface area contributed by atoms with E-state index in [-0.39, 0.29) is 5.78 Å². The van der Waals surface area contributed by atoms with E-state index >= 15 is 0 Å². The lowest BCUT2D eigenvalue weighted by molar-refractivity contribution is 0.101. The summed E-state index contributed by atoms with van der Waals surface area (Å²) >= 11 is 5.49. The summed E-state index contributed by atoms with van der Waals surface area (Å²) in [7, 11) is 0. The zero-order valence-corrected chi connectivity index (χ0v) is 11.7. The van der Waals surface area contributed by atoms with E-state index in [1.54, 1.807) is 6.92 Å². The van der Waals surface area contributed by atoms with E-state index in [9.17, 15) is 4.79 Å². The molecule has 86 valence electrons. The molecule has 0 radical (unpaired) electrons.